The van der Waals surface area contributed by atoms with E-state index in [1.807, 2.05) is 44.4 Å². The number of hydrogen-bond acceptors (Lipinski definition) is 5. The zero-order valence-corrected chi connectivity index (χ0v) is 16.3. The normalized spacial score (nSPS) is 12.1. The Hall–Kier alpha value is -2.71. The largest absolute Gasteiger partial charge is 0.336 e. The van der Waals surface area contributed by atoms with Gasteiger partial charge in [0.05, 0.1) is 12.6 Å². The average Bonchev–Trinajstić information content (AvgIpc) is 3.35. The summed E-state index contributed by atoms with van der Waals surface area (Å²) in [6.45, 7) is 1.74. The Bertz CT molecular complexity index is 815. The maximum absolute atomic E-state index is 12.1. The highest BCUT2D eigenvalue weighted by Gasteiger charge is 2.16. The number of nitrogens with one attached hydrogen (secondary N) is 2. The summed E-state index contributed by atoms with van der Waals surface area (Å²) >= 11 is 1.70. The van der Waals surface area contributed by atoms with Crippen LogP contribution in [0.15, 0.2) is 54.4 Å². The predicted molar refractivity (Wildman–Crippen MR) is 107 cm³/mol. The van der Waals surface area contributed by atoms with Crippen molar-refractivity contribution in [3.63, 3.8) is 0 Å². The lowest BCUT2D eigenvalue weighted by molar-refractivity contribution is 0.233. The van der Waals surface area contributed by atoms with Crippen LogP contribution in [0.3, 0.4) is 0 Å². The summed E-state index contributed by atoms with van der Waals surface area (Å²) in [6.07, 6.45) is 3.22. The summed E-state index contributed by atoms with van der Waals surface area (Å²) in [5, 5.41) is 12.0. The average molecular weight is 385 g/mol. The van der Waals surface area contributed by atoms with Crippen molar-refractivity contribution in [2.24, 2.45) is 0 Å². The third-order valence-corrected chi connectivity index (χ3v) is 5.21. The molecule has 8 heteroatoms. The Morgan fingerprint density at radius 2 is 1.96 bits per heavy atom. The smallest absolute Gasteiger partial charge is 0.315 e. The van der Waals surface area contributed by atoms with Gasteiger partial charge in [0.1, 0.15) is 12.7 Å². The zero-order valence-electron chi connectivity index (χ0n) is 15.5. The molecule has 0 spiro atoms. The van der Waals surface area contributed by atoms with Crippen LogP contribution >= 0.6 is 11.3 Å². The number of carbonyl (C=O) groups is 1. The molecular formula is C19H24N6OS. The number of carbonyl (C=O) groups excluding carboxylic acids is 1. The van der Waals surface area contributed by atoms with Crippen molar-refractivity contribution in [3.8, 4) is 0 Å². The summed E-state index contributed by atoms with van der Waals surface area (Å²) < 4.78 is 1.77. The summed E-state index contributed by atoms with van der Waals surface area (Å²) in [7, 11) is 4.04. The third kappa shape index (κ3) is 5.63. The van der Waals surface area contributed by atoms with Crippen LogP contribution in [0.4, 0.5) is 4.79 Å². The molecule has 7 nitrogen and oxygen atoms in total. The van der Waals surface area contributed by atoms with Crippen molar-refractivity contribution in [1.82, 2.24) is 30.3 Å². The van der Waals surface area contributed by atoms with E-state index < -0.39 is 0 Å². The standard InChI is InChI=1S/C19H24N6OS/c1-24(2)17(18-4-3-9-27-18)11-22-19(26)21-10-15-5-7-16(8-6-15)12-25-14-20-13-23-25/h3-9,13-14,17H,10-12H2,1-2H3,(H2,21,22,26). The van der Waals surface area contributed by atoms with Gasteiger partial charge in [-0.15, -0.1) is 11.3 Å². The monoisotopic (exact) mass is 384 g/mol. The second-order valence-corrected chi connectivity index (χ2v) is 7.45. The van der Waals surface area contributed by atoms with Crippen molar-refractivity contribution in [2.45, 2.75) is 19.1 Å². The molecule has 0 radical (unpaired) electrons. The minimum Gasteiger partial charge on any atom is -0.336 e. The molecule has 2 amide bonds. The molecule has 3 rings (SSSR count). The van der Waals surface area contributed by atoms with E-state index in [1.165, 1.54) is 11.2 Å². The Morgan fingerprint density at radius 1 is 1.19 bits per heavy atom. The molecule has 2 aromatic heterocycles. The first-order chi connectivity index (χ1) is 13.1. The number of amides is 2. The van der Waals surface area contributed by atoms with Crippen molar-refractivity contribution in [1.29, 1.82) is 0 Å². The van der Waals surface area contributed by atoms with Gasteiger partial charge in [-0.05, 0) is 36.7 Å². The van der Waals surface area contributed by atoms with Gasteiger partial charge in [-0.25, -0.2) is 14.5 Å². The number of aromatic nitrogens is 3. The fourth-order valence-electron chi connectivity index (χ4n) is 2.72. The molecule has 3 aromatic rings. The molecule has 0 saturated heterocycles. The molecule has 0 aliphatic heterocycles. The third-order valence-electron chi connectivity index (χ3n) is 4.24. The van der Waals surface area contributed by atoms with E-state index in [2.05, 4.69) is 37.1 Å². The zero-order chi connectivity index (χ0) is 19.1. The number of rotatable bonds is 8. The molecular weight excluding hydrogens is 360 g/mol. The molecule has 1 unspecified atom stereocenters. The van der Waals surface area contributed by atoms with E-state index in [0.717, 1.165) is 11.1 Å². The molecule has 2 N–H and O–H groups in total. The van der Waals surface area contributed by atoms with E-state index in [-0.39, 0.29) is 12.1 Å². The minimum absolute atomic E-state index is 0.162. The van der Waals surface area contributed by atoms with Gasteiger partial charge in [0.2, 0.25) is 0 Å². The number of urea groups is 1. The maximum Gasteiger partial charge on any atom is 0.315 e. The highest BCUT2D eigenvalue weighted by atomic mass is 32.1. The summed E-state index contributed by atoms with van der Waals surface area (Å²) in [5.41, 5.74) is 2.19. The summed E-state index contributed by atoms with van der Waals surface area (Å²) in [5.74, 6) is 0. The van der Waals surface area contributed by atoms with Crippen LogP contribution in [0.1, 0.15) is 22.0 Å². The van der Waals surface area contributed by atoms with Gasteiger partial charge in [-0.3, -0.25) is 0 Å². The van der Waals surface area contributed by atoms with Gasteiger partial charge in [-0.1, -0.05) is 30.3 Å². The number of thiophene rings is 1. The molecule has 0 aliphatic rings. The van der Waals surface area contributed by atoms with E-state index in [9.17, 15) is 4.79 Å². The summed E-state index contributed by atoms with van der Waals surface area (Å²) in [6, 6.07) is 12.2. The van der Waals surface area contributed by atoms with E-state index >= 15 is 0 Å². The van der Waals surface area contributed by atoms with E-state index in [4.69, 9.17) is 0 Å². The van der Waals surface area contributed by atoms with E-state index in [1.54, 1.807) is 22.3 Å². The van der Waals surface area contributed by atoms with Crippen LogP contribution in [-0.4, -0.2) is 46.3 Å². The predicted octanol–water partition coefficient (Wildman–Crippen LogP) is 2.49. The Balaban J connectivity index is 1.44. The molecule has 2 heterocycles. The van der Waals surface area contributed by atoms with Crippen molar-refractivity contribution in [3.05, 3.63) is 70.4 Å². The first-order valence-electron chi connectivity index (χ1n) is 8.73. The Kier molecular flexibility index (Phi) is 6.56. The van der Waals surface area contributed by atoms with Crippen LogP contribution in [0, 0.1) is 0 Å². The number of benzene rings is 1. The molecule has 27 heavy (non-hydrogen) atoms. The SMILES string of the molecule is CN(C)C(CNC(=O)NCc1ccc(Cn2cncn2)cc1)c1cccs1. The fourth-order valence-corrected chi connectivity index (χ4v) is 3.64. The van der Waals surface area contributed by atoms with Crippen LogP contribution in [0.25, 0.3) is 0 Å². The Labute approximate surface area is 163 Å². The maximum atomic E-state index is 12.1. The first kappa shape index (κ1) is 19.1. The van der Waals surface area contributed by atoms with Crippen LogP contribution < -0.4 is 10.6 Å². The highest BCUT2D eigenvalue weighted by molar-refractivity contribution is 7.10. The molecule has 0 fully saturated rings. The molecule has 0 bridgehead atoms. The van der Waals surface area contributed by atoms with Crippen LogP contribution in [0.2, 0.25) is 0 Å². The molecule has 142 valence electrons. The second-order valence-electron chi connectivity index (χ2n) is 6.47. The van der Waals surface area contributed by atoms with Gasteiger partial charge < -0.3 is 15.5 Å². The fraction of sp³-hybridized carbons (Fsp3) is 0.316. The lowest BCUT2D eigenvalue weighted by atomic mass is 10.1. The van der Waals surface area contributed by atoms with Gasteiger partial charge in [-0.2, -0.15) is 5.10 Å². The molecule has 0 saturated carbocycles. The lowest BCUT2D eigenvalue weighted by Crippen LogP contribution is -2.40. The number of nitrogens with zero attached hydrogens (tertiary/aromatic N) is 4. The molecule has 1 atom stereocenters. The first-order valence-corrected chi connectivity index (χ1v) is 9.61. The van der Waals surface area contributed by atoms with E-state index in [0.29, 0.717) is 19.6 Å². The molecule has 0 aliphatic carbocycles. The van der Waals surface area contributed by atoms with Gasteiger partial charge in [0.15, 0.2) is 0 Å². The Morgan fingerprint density at radius 3 is 2.59 bits per heavy atom. The minimum atomic E-state index is -0.162. The van der Waals surface area contributed by atoms with Crippen molar-refractivity contribution >= 4 is 17.4 Å². The number of likely N-dealkylation sites (N-methyl/N-ethyl adjacent to an activating group) is 1. The second kappa shape index (κ2) is 9.29. The van der Waals surface area contributed by atoms with Gasteiger partial charge in [0, 0.05) is 18.0 Å². The van der Waals surface area contributed by atoms with Crippen molar-refractivity contribution < 1.29 is 4.79 Å². The van der Waals surface area contributed by atoms with Crippen LogP contribution in [-0.2, 0) is 13.1 Å². The number of hydrogen-bond donors (Lipinski definition) is 2. The quantitative estimate of drug-likeness (QED) is 0.626. The van der Waals surface area contributed by atoms with Gasteiger partial charge >= 0.3 is 6.03 Å². The molecule has 1 aromatic carbocycles. The highest BCUT2D eigenvalue weighted by Crippen LogP contribution is 2.22. The van der Waals surface area contributed by atoms with Crippen molar-refractivity contribution in [2.75, 3.05) is 20.6 Å². The lowest BCUT2D eigenvalue weighted by Gasteiger charge is -2.23. The van der Waals surface area contributed by atoms with Gasteiger partial charge in [0.25, 0.3) is 0 Å². The van der Waals surface area contributed by atoms with Crippen LogP contribution in [0.5, 0.6) is 0 Å². The topological polar surface area (TPSA) is 75.1 Å². The summed E-state index contributed by atoms with van der Waals surface area (Å²) in [4.78, 5) is 19.4.